The Kier molecular flexibility index (Phi) is 5.09. The Morgan fingerprint density at radius 3 is 2.40 bits per heavy atom. The molecule has 0 aliphatic rings. The van der Waals surface area contributed by atoms with Gasteiger partial charge in [-0.15, -0.1) is 0 Å². The average Bonchev–Trinajstić information content (AvgIpc) is 2.27. The Bertz CT molecular complexity index is 286. The van der Waals surface area contributed by atoms with Crippen molar-refractivity contribution in [2.24, 2.45) is 0 Å². The van der Waals surface area contributed by atoms with Crippen molar-refractivity contribution in [2.75, 3.05) is 14.2 Å². The number of nitrogens with one attached hydrogen (secondary N) is 1. The van der Waals surface area contributed by atoms with Crippen molar-refractivity contribution in [1.29, 1.82) is 0 Å². The summed E-state index contributed by atoms with van der Waals surface area (Å²) in [4.78, 5) is 0. The largest absolute Gasteiger partial charge is 0.380 e. The maximum Gasteiger partial charge on any atom is 0.0699 e. The van der Waals surface area contributed by atoms with Crippen LogP contribution < -0.4 is 5.32 Å². The third-order valence-corrected chi connectivity index (χ3v) is 2.93. The first-order chi connectivity index (χ1) is 7.17. The monoisotopic (exact) mass is 227 g/mol. The fourth-order valence-electron chi connectivity index (χ4n) is 1.54. The summed E-state index contributed by atoms with van der Waals surface area (Å²) >= 11 is 5.83. The first kappa shape index (κ1) is 12.5. The lowest BCUT2D eigenvalue weighted by Gasteiger charge is -2.22. The molecule has 0 saturated carbocycles. The van der Waals surface area contributed by atoms with E-state index in [9.17, 15) is 0 Å². The molecule has 0 amide bonds. The van der Waals surface area contributed by atoms with Gasteiger partial charge in [0.05, 0.1) is 6.10 Å². The highest BCUT2D eigenvalue weighted by Crippen LogP contribution is 2.12. The third kappa shape index (κ3) is 3.82. The number of benzene rings is 1. The van der Waals surface area contributed by atoms with Crippen LogP contribution in [0.2, 0.25) is 5.02 Å². The van der Waals surface area contributed by atoms with E-state index in [1.807, 2.05) is 19.2 Å². The summed E-state index contributed by atoms with van der Waals surface area (Å²) in [5.74, 6) is 0. The van der Waals surface area contributed by atoms with E-state index < -0.39 is 0 Å². The average molecular weight is 228 g/mol. The zero-order valence-electron chi connectivity index (χ0n) is 9.46. The number of rotatable bonds is 5. The smallest absolute Gasteiger partial charge is 0.0699 e. The predicted molar refractivity (Wildman–Crippen MR) is 64.5 cm³/mol. The van der Waals surface area contributed by atoms with E-state index in [1.54, 1.807) is 7.11 Å². The normalized spacial score (nSPS) is 14.9. The lowest BCUT2D eigenvalue weighted by molar-refractivity contribution is 0.0857. The van der Waals surface area contributed by atoms with Crippen molar-refractivity contribution in [3.63, 3.8) is 0 Å². The molecule has 2 unspecified atom stereocenters. The Balaban J connectivity index is 2.62. The summed E-state index contributed by atoms with van der Waals surface area (Å²) < 4.78 is 5.31. The zero-order valence-corrected chi connectivity index (χ0v) is 10.2. The second-order valence-corrected chi connectivity index (χ2v) is 4.10. The van der Waals surface area contributed by atoms with Crippen LogP contribution in [0.4, 0.5) is 0 Å². The molecule has 2 nitrogen and oxygen atoms in total. The van der Waals surface area contributed by atoms with Gasteiger partial charge >= 0.3 is 0 Å². The Morgan fingerprint density at radius 1 is 1.33 bits per heavy atom. The van der Waals surface area contributed by atoms with Crippen molar-refractivity contribution in [3.8, 4) is 0 Å². The minimum Gasteiger partial charge on any atom is -0.380 e. The second-order valence-electron chi connectivity index (χ2n) is 3.67. The highest BCUT2D eigenvalue weighted by molar-refractivity contribution is 6.30. The molecule has 0 saturated heterocycles. The highest BCUT2D eigenvalue weighted by atomic mass is 35.5. The van der Waals surface area contributed by atoms with Crippen LogP contribution in [0.3, 0.4) is 0 Å². The predicted octanol–water partition coefficient (Wildman–Crippen LogP) is 2.51. The van der Waals surface area contributed by atoms with Crippen LogP contribution >= 0.6 is 11.6 Å². The molecule has 0 aromatic heterocycles. The maximum atomic E-state index is 5.83. The van der Waals surface area contributed by atoms with Gasteiger partial charge in [0.25, 0.3) is 0 Å². The summed E-state index contributed by atoms with van der Waals surface area (Å²) in [5, 5.41) is 4.04. The molecule has 1 aromatic rings. The van der Waals surface area contributed by atoms with Gasteiger partial charge in [-0.1, -0.05) is 23.7 Å². The summed E-state index contributed by atoms with van der Waals surface area (Å²) in [6.07, 6.45) is 1.15. The van der Waals surface area contributed by atoms with E-state index in [1.165, 1.54) is 5.56 Å². The van der Waals surface area contributed by atoms with Gasteiger partial charge in [0.2, 0.25) is 0 Å². The Hall–Kier alpha value is -0.570. The fraction of sp³-hybridized carbons (Fsp3) is 0.500. The minimum absolute atomic E-state index is 0.200. The Morgan fingerprint density at radius 2 is 1.93 bits per heavy atom. The molecule has 2 atom stereocenters. The van der Waals surface area contributed by atoms with Crippen LogP contribution in [0.1, 0.15) is 12.5 Å². The molecule has 0 radical (unpaired) electrons. The van der Waals surface area contributed by atoms with E-state index in [4.69, 9.17) is 16.3 Å². The molecular formula is C12H18ClNO. The third-order valence-electron chi connectivity index (χ3n) is 2.68. The first-order valence-corrected chi connectivity index (χ1v) is 5.49. The van der Waals surface area contributed by atoms with E-state index in [2.05, 4.69) is 24.4 Å². The van der Waals surface area contributed by atoms with Crippen LogP contribution in [0.25, 0.3) is 0 Å². The molecular weight excluding hydrogens is 210 g/mol. The van der Waals surface area contributed by atoms with Crippen molar-refractivity contribution in [1.82, 2.24) is 5.32 Å². The lowest BCUT2D eigenvalue weighted by Crippen LogP contribution is -2.38. The molecule has 84 valence electrons. The summed E-state index contributed by atoms with van der Waals surface area (Å²) in [6, 6.07) is 8.27. The van der Waals surface area contributed by atoms with Crippen LogP contribution in [0.15, 0.2) is 24.3 Å². The number of methoxy groups -OCH3 is 1. The van der Waals surface area contributed by atoms with Gasteiger partial charge in [-0.2, -0.15) is 0 Å². The topological polar surface area (TPSA) is 21.3 Å². The van der Waals surface area contributed by atoms with Crippen LogP contribution in [-0.4, -0.2) is 26.3 Å². The van der Waals surface area contributed by atoms with E-state index in [0.29, 0.717) is 6.04 Å². The number of ether oxygens (including phenoxy) is 1. The minimum atomic E-state index is 0.200. The van der Waals surface area contributed by atoms with Crippen molar-refractivity contribution in [2.45, 2.75) is 25.5 Å². The summed E-state index contributed by atoms with van der Waals surface area (Å²) in [6.45, 7) is 2.07. The fourth-order valence-corrected chi connectivity index (χ4v) is 1.67. The van der Waals surface area contributed by atoms with Gasteiger partial charge in [0, 0.05) is 18.2 Å². The number of hydrogen-bond acceptors (Lipinski definition) is 2. The molecule has 1 rings (SSSR count). The maximum absolute atomic E-state index is 5.83. The summed E-state index contributed by atoms with van der Waals surface area (Å²) in [5.41, 5.74) is 1.27. The van der Waals surface area contributed by atoms with Gasteiger partial charge < -0.3 is 10.1 Å². The molecule has 0 aliphatic carbocycles. The molecule has 0 heterocycles. The number of likely N-dealkylation sites (N-methyl/N-ethyl adjacent to an activating group) is 1. The molecule has 15 heavy (non-hydrogen) atoms. The zero-order chi connectivity index (χ0) is 11.3. The van der Waals surface area contributed by atoms with E-state index >= 15 is 0 Å². The molecule has 1 N–H and O–H groups in total. The van der Waals surface area contributed by atoms with E-state index in [-0.39, 0.29) is 6.10 Å². The second kappa shape index (κ2) is 6.11. The van der Waals surface area contributed by atoms with Gasteiger partial charge in [0.1, 0.15) is 0 Å². The number of halogens is 1. The van der Waals surface area contributed by atoms with Crippen molar-refractivity contribution >= 4 is 11.6 Å². The van der Waals surface area contributed by atoms with Crippen LogP contribution in [0.5, 0.6) is 0 Å². The molecule has 0 aliphatic heterocycles. The van der Waals surface area contributed by atoms with Crippen molar-refractivity contribution < 1.29 is 4.74 Å². The van der Waals surface area contributed by atoms with Gasteiger partial charge in [-0.25, -0.2) is 0 Å². The molecule has 0 bridgehead atoms. The van der Waals surface area contributed by atoms with Crippen molar-refractivity contribution in [3.05, 3.63) is 34.9 Å². The molecule has 0 fully saturated rings. The molecule has 3 heteroatoms. The number of hydrogen-bond donors (Lipinski definition) is 1. The first-order valence-electron chi connectivity index (χ1n) is 5.12. The molecule has 1 aromatic carbocycles. The standard InChI is InChI=1S/C12H18ClNO/c1-9(15-3)12(14-2)8-10-4-6-11(13)7-5-10/h4-7,9,12,14H,8H2,1-3H3. The summed E-state index contributed by atoms with van der Waals surface area (Å²) in [7, 11) is 3.69. The van der Waals surface area contributed by atoms with E-state index in [0.717, 1.165) is 11.4 Å². The van der Waals surface area contributed by atoms with Gasteiger partial charge in [-0.05, 0) is 38.1 Å². The molecule has 0 spiro atoms. The van der Waals surface area contributed by atoms with Gasteiger partial charge in [-0.3, -0.25) is 0 Å². The SMILES string of the molecule is CNC(Cc1ccc(Cl)cc1)C(C)OC. The Labute approximate surface area is 96.6 Å². The van der Waals surface area contributed by atoms with Crippen LogP contribution in [0, 0.1) is 0 Å². The highest BCUT2D eigenvalue weighted by Gasteiger charge is 2.14. The van der Waals surface area contributed by atoms with Crippen LogP contribution in [-0.2, 0) is 11.2 Å². The quantitative estimate of drug-likeness (QED) is 0.835. The lowest BCUT2D eigenvalue weighted by atomic mass is 10.0. The van der Waals surface area contributed by atoms with Gasteiger partial charge in [0.15, 0.2) is 0 Å².